The number of hydrogen-bond acceptors (Lipinski definition) is 2. The van der Waals surface area contributed by atoms with Gasteiger partial charge in [-0.3, -0.25) is 4.79 Å². The summed E-state index contributed by atoms with van der Waals surface area (Å²) in [6.07, 6.45) is 0.699. The summed E-state index contributed by atoms with van der Waals surface area (Å²) in [4.78, 5) is 12.9. The van der Waals surface area contributed by atoms with Crippen LogP contribution >= 0.6 is 15.9 Å². The van der Waals surface area contributed by atoms with Gasteiger partial charge in [0, 0.05) is 10.9 Å². The van der Waals surface area contributed by atoms with Crippen molar-refractivity contribution < 1.29 is 13.6 Å². The van der Waals surface area contributed by atoms with Crippen molar-refractivity contribution in [2.75, 3.05) is 17.3 Å². The molecule has 2 rings (SSSR count). The fourth-order valence-electron chi connectivity index (χ4n) is 1.99. The van der Waals surface area contributed by atoms with Crippen molar-refractivity contribution >= 4 is 33.2 Å². The molecule has 1 fully saturated rings. The number of hydrogen-bond donors (Lipinski definition) is 1. The van der Waals surface area contributed by atoms with Gasteiger partial charge in [-0.2, -0.15) is 0 Å². The predicted octanol–water partition coefficient (Wildman–Crippen LogP) is 2.64. The largest absolute Gasteiger partial charge is 0.395 e. The van der Waals surface area contributed by atoms with E-state index in [1.54, 1.807) is 0 Å². The first-order valence-corrected chi connectivity index (χ1v) is 5.96. The van der Waals surface area contributed by atoms with Gasteiger partial charge >= 0.3 is 0 Å². The average Bonchev–Trinajstić information content (AvgIpc) is 2.65. The normalized spacial score (nSPS) is 20.1. The SMILES string of the molecule is Nc1c(F)cc(Br)cc1N1C(=O)CCC1CF. The van der Waals surface area contributed by atoms with Crippen LogP contribution < -0.4 is 10.6 Å². The maximum Gasteiger partial charge on any atom is 0.227 e. The second kappa shape index (κ2) is 4.60. The summed E-state index contributed by atoms with van der Waals surface area (Å²) in [7, 11) is 0. The van der Waals surface area contributed by atoms with Gasteiger partial charge in [-0.05, 0) is 18.6 Å². The quantitative estimate of drug-likeness (QED) is 0.854. The Balaban J connectivity index is 2.48. The van der Waals surface area contributed by atoms with Crippen LogP contribution in [0.5, 0.6) is 0 Å². The Morgan fingerprint density at radius 1 is 1.53 bits per heavy atom. The van der Waals surface area contributed by atoms with Gasteiger partial charge < -0.3 is 10.6 Å². The van der Waals surface area contributed by atoms with Crippen LogP contribution in [0.15, 0.2) is 16.6 Å². The molecule has 0 radical (unpaired) electrons. The maximum absolute atomic E-state index is 13.5. The fourth-order valence-corrected chi connectivity index (χ4v) is 2.41. The van der Waals surface area contributed by atoms with Crippen LogP contribution in [0.4, 0.5) is 20.2 Å². The van der Waals surface area contributed by atoms with E-state index >= 15 is 0 Å². The topological polar surface area (TPSA) is 46.3 Å². The molecule has 1 amide bonds. The lowest BCUT2D eigenvalue weighted by Gasteiger charge is -2.24. The number of nitrogen functional groups attached to an aromatic ring is 1. The molecule has 1 heterocycles. The lowest BCUT2D eigenvalue weighted by molar-refractivity contribution is -0.117. The van der Waals surface area contributed by atoms with Crippen LogP contribution in [0.2, 0.25) is 0 Å². The van der Waals surface area contributed by atoms with Gasteiger partial charge in [-0.1, -0.05) is 15.9 Å². The minimum absolute atomic E-state index is 0.123. The maximum atomic E-state index is 13.5. The first-order chi connectivity index (χ1) is 8.04. The average molecular weight is 305 g/mol. The number of rotatable bonds is 2. The number of anilines is 2. The number of benzene rings is 1. The van der Waals surface area contributed by atoms with E-state index in [0.29, 0.717) is 10.9 Å². The van der Waals surface area contributed by atoms with Crippen molar-refractivity contribution in [3.8, 4) is 0 Å². The summed E-state index contributed by atoms with van der Waals surface area (Å²) in [5.74, 6) is -0.844. The van der Waals surface area contributed by atoms with Gasteiger partial charge in [-0.15, -0.1) is 0 Å². The monoisotopic (exact) mass is 304 g/mol. The minimum atomic E-state index is -0.653. The molecule has 3 nitrogen and oxygen atoms in total. The third kappa shape index (κ3) is 2.13. The van der Waals surface area contributed by atoms with E-state index in [0.717, 1.165) is 0 Å². The number of carbonyl (C=O) groups is 1. The number of nitrogens with two attached hydrogens (primary N) is 1. The molecule has 1 atom stereocenters. The zero-order valence-electron chi connectivity index (χ0n) is 8.92. The van der Waals surface area contributed by atoms with Gasteiger partial charge in [0.2, 0.25) is 5.91 Å². The Hall–Kier alpha value is -1.17. The molecule has 0 saturated carbocycles. The van der Waals surface area contributed by atoms with Crippen molar-refractivity contribution in [2.45, 2.75) is 18.9 Å². The number of amides is 1. The molecule has 92 valence electrons. The summed E-state index contributed by atoms with van der Waals surface area (Å²) in [6.45, 7) is -0.653. The summed E-state index contributed by atoms with van der Waals surface area (Å²) >= 11 is 3.13. The van der Waals surface area contributed by atoms with Crippen molar-refractivity contribution in [3.05, 3.63) is 22.4 Å². The molecule has 0 bridgehead atoms. The van der Waals surface area contributed by atoms with Crippen LogP contribution in [0.3, 0.4) is 0 Å². The van der Waals surface area contributed by atoms with E-state index < -0.39 is 18.5 Å². The summed E-state index contributed by atoms with van der Waals surface area (Å²) in [5, 5.41) is 0. The van der Waals surface area contributed by atoms with Crippen LogP contribution in [0, 0.1) is 5.82 Å². The third-order valence-corrected chi connectivity index (χ3v) is 3.29. The van der Waals surface area contributed by atoms with Crippen LogP contribution in [-0.2, 0) is 4.79 Å². The van der Waals surface area contributed by atoms with E-state index in [1.807, 2.05) is 0 Å². The molecular formula is C11H11BrF2N2O. The standard InChI is InChI=1S/C11H11BrF2N2O/c12-6-3-8(14)11(15)9(4-6)16-7(5-13)1-2-10(16)17/h3-4,7H,1-2,5,15H2. The molecule has 1 aliphatic rings. The molecule has 1 aromatic carbocycles. The van der Waals surface area contributed by atoms with Crippen LogP contribution in [-0.4, -0.2) is 18.6 Å². The number of carbonyl (C=O) groups excluding carboxylic acids is 1. The predicted molar refractivity (Wildman–Crippen MR) is 65.0 cm³/mol. The first-order valence-electron chi connectivity index (χ1n) is 5.17. The zero-order chi connectivity index (χ0) is 12.6. The highest BCUT2D eigenvalue weighted by molar-refractivity contribution is 9.10. The zero-order valence-corrected chi connectivity index (χ0v) is 10.5. The molecule has 0 aromatic heterocycles. The molecule has 0 spiro atoms. The molecule has 1 unspecified atom stereocenters. The van der Waals surface area contributed by atoms with E-state index in [4.69, 9.17) is 5.73 Å². The van der Waals surface area contributed by atoms with Gasteiger partial charge in [0.15, 0.2) is 0 Å². The second-order valence-electron chi connectivity index (χ2n) is 3.93. The van der Waals surface area contributed by atoms with Gasteiger partial charge in [0.1, 0.15) is 12.5 Å². The van der Waals surface area contributed by atoms with Gasteiger partial charge in [0.05, 0.1) is 17.4 Å². The van der Waals surface area contributed by atoms with Crippen LogP contribution in [0.1, 0.15) is 12.8 Å². The van der Waals surface area contributed by atoms with Crippen molar-refractivity contribution in [1.82, 2.24) is 0 Å². The Bertz CT molecular complexity index is 467. The van der Waals surface area contributed by atoms with E-state index in [9.17, 15) is 13.6 Å². The Morgan fingerprint density at radius 2 is 2.24 bits per heavy atom. The second-order valence-corrected chi connectivity index (χ2v) is 4.85. The van der Waals surface area contributed by atoms with E-state index in [2.05, 4.69) is 15.9 Å². The van der Waals surface area contributed by atoms with Crippen molar-refractivity contribution in [3.63, 3.8) is 0 Å². The highest BCUT2D eigenvalue weighted by Crippen LogP contribution is 2.35. The number of alkyl halides is 1. The molecular weight excluding hydrogens is 294 g/mol. The lowest BCUT2D eigenvalue weighted by Crippen LogP contribution is -2.35. The molecule has 0 aliphatic carbocycles. The molecule has 17 heavy (non-hydrogen) atoms. The summed E-state index contributed by atoms with van der Waals surface area (Å²) in [6, 6.07) is 2.20. The number of halogens is 3. The van der Waals surface area contributed by atoms with Gasteiger partial charge in [0.25, 0.3) is 0 Å². The van der Waals surface area contributed by atoms with E-state index in [1.165, 1.54) is 17.0 Å². The highest BCUT2D eigenvalue weighted by Gasteiger charge is 2.33. The molecule has 1 aliphatic heterocycles. The lowest BCUT2D eigenvalue weighted by atomic mass is 10.2. The summed E-state index contributed by atoms with van der Waals surface area (Å²) < 4.78 is 26.7. The molecule has 2 N–H and O–H groups in total. The number of nitrogens with zero attached hydrogens (tertiary/aromatic N) is 1. The van der Waals surface area contributed by atoms with Crippen molar-refractivity contribution in [2.24, 2.45) is 0 Å². The Labute approximate surface area is 106 Å². The smallest absolute Gasteiger partial charge is 0.227 e. The Kier molecular flexibility index (Phi) is 3.33. The van der Waals surface area contributed by atoms with Crippen molar-refractivity contribution in [1.29, 1.82) is 0 Å². The molecule has 6 heteroatoms. The van der Waals surface area contributed by atoms with Crippen LogP contribution in [0.25, 0.3) is 0 Å². The third-order valence-electron chi connectivity index (χ3n) is 2.84. The Morgan fingerprint density at radius 3 is 2.88 bits per heavy atom. The minimum Gasteiger partial charge on any atom is -0.395 e. The molecule has 1 aromatic rings. The highest BCUT2D eigenvalue weighted by atomic mass is 79.9. The summed E-state index contributed by atoms with van der Waals surface area (Å²) in [5.41, 5.74) is 5.71. The van der Waals surface area contributed by atoms with E-state index in [-0.39, 0.29) is 23.7 Å². The molecule has 1 saturated heterocycles. The fraction of sp³-hybridized carbons (Fsp3) is 0.364. The van der Waals surface area contributed by atoms with Gasteiger partial charge in [-0.25, -0.2) is 8.78 Å². The first kappa shape index (κ1) is 12.3.